The van der Waals surface area contributed by atoms with Gasteiger partial charge in [0, 0.05) is 17.1 Å². The van der Waals surface area contributed by atoms with Crippen molar-refractivity contribution in [2.24, 2.45) is 0 Å². The Morgan fingerprint density at radius 3 is 2.19 bits per heavy atom. The summed E-state index contributed by atoms with van der Waals surface area (Å²) < 4.78 is 2.11. The maximum Gasteiger partial charge on any atom is 0.270 e. The van der Waals surface area contributed by atoms with Crippen LogP contribution < -0.4 is 10.2 Å². The van der Waals surface area contributed by atoms with E-state index in [1.807, 2.05) is 51.1 Å². The minimum absolute atomic E-state index is 0.0577. The molecule has 3 aromatic rings. The van der Waals surface area contributed by atoms with Gasteiger partial charge in [0.05, 0.1) is 5.69 Å². The van der Waals surface area contributed by atoms with E-state index in [0.29, 0.717) is 5.69 Å². The van der Waals surface area contributed by atoms with E-state index in [1.165, 1.54) is 10.5 Å². The molecule has 1 N–H and O–H groups in total. The minimum Gasteiger partial charge on any atom is -0.318 e. The van der Waals surface area contributed by atoms with Crippen LogP contribution in [0, 0.1) is 20.8 Å². The normalized spacial score (nSPS) is 15.4. The number of carbonyl (C=O) groups excluding carboxylic acids is 2. The number of hydrogen-bond acceptors (Lipinski definition) is 3. The predicted molar refractivity (Wildman–Crippen MR) is 132 cm³/mol. The second-order valence-corrected chi connectivity index (χ2v) is 8.36. The molecule has 0 saturated carbocycles. The number of aryl methyl sites for hydroxylation is 3. The highest BCUT2D eigenvalue weighted by Crippen LogP contribution is 2.26. The first-order valence-corrected chi connectivity index (χ1v) is 11.0. The summed E-state index contributed by atoms with van der Waals surface area (Å²) in [5, 5.41) is 2.75. The molecule has 32 heavy (non-hydrogen) atoms. The second kappa shape index (κ2) is 8.55. The van der Waals surface area contributed by atoms with Crippen LogP contribution in [-0.4, -0.2) is 21.5 Å². The van der Waals surface area contributed by atoms with Crippen molar-refractivity contribution in [1.82, 2.24) is 9.88 Å². The zero-order chi connectivity index (χ0) is 23.0. The SMILES string of the molecule is CCc1ccc(N2C(=O)/C(=C/c3cc(C)n(-c4ccc(C)cc4)c3C)C(=O)NC2=S)cc1. The summed E-state index contributed by atoms with van der Waals surface area (Å²) in [5.41, 5.74) is 6.86. The first kappa shape index (κ1) is 21.7. The van der Waals surface area contributed by atoms with Gasteiger partial charge >= 0.3 is 0 Å². The summed E-state index contributed by atoms with van der Waals surface area (Å²) in [6, 6.07) is 17.8. The molecule has 2 heterocycles. The Hall–Kier alpha value is -3.51. The quantitative estimate of drug-likeness (QED) is 0.358. The van der Waals surface area contributed by atoms with Gasteiger partial charge in [-0.2, -0.15) is 0 Å². The van der Waals surface area contributed by atoms with Gasteiger partial charge in [-0.1, -0.05) is 36.8 Å². The first-order valence-electron chi connectivity index (χ1n) is 10.6. The third-order valence-corrected chi connectivity index (χ3v) is 6.05. The molecule has 1 aliphatic rings. The molecule has 0 bridgehead atoms. The maximum atomic E-state index is 13.3. The summed E-state index contributed by atoms with van der Waals surface area (Å²) in [5.74, 6) is -0.912. The highest BCUT2D eigenvalue weighted by Gasteiger charge is 2.34. The number of anilines is 1. The van der Waals surface area contributed by atoms with Crippen molar-refractivity contribution in [3.63, 3.8) is 0 Å². The van der Waals surface area contributed by atoms with E-state index < -0.39 is 11.8 Å². The summed E-state index contributed by atoms with van der Waals surface area (Å²) in [6.07, 6.45) is 2.55. The summed E-state index contributed by atoms with van der Waals surface area (Å²) in [6.45, 7) is 8.11. The standard InChI is InChI=1S/C26H25N3O2S/c1-5-19-8-12-22(13-9-19)29-25(31)23(24(30)27-26(29)32)15-20-14-17(3)28(18(20)4)21-10-6-16(2)7-11-21/h6-15H,5H2,1-4H3,(H,27,30,32)/b23-15+. The monoisotopic (exact) mass is 443 g/mol. The Morgan fingerprint density at radius 2 is 1.56 bits per heavy atom. The molecule has 162 valence electrons. The van der Waals surface area contributed by atoms with Crippen LogP contribution in [-0.2, 0) is 16.0 Å². The Morgan fingerprint density at radius 1 is 0.938 bits per heavy atom. The third kappa shape index (κ3) is 3.89. The second-order valence-electron chi connectivity index (χ2n) is 7.98. The van der Waals surface area contributed by atoms with Gasteiger partial charge in [-0.05, 0) is 86.9 Å². The molecule has 0 radical (unpaired) electrons. The average Bonchev–Trinajstić information content (AvgIpc) is 3.05. The number of thiocarbonyl (C=S) groups is 1. The fourth-order valence-corrected chi connectivity index (χ4v) is 4.23. The van der Waals surface area contributed by atoms with Crippen LogP contribution in [0.4, 0.5) is 5.69 Å². The van der Waals surface area contributed by atoms with Crippen molar-refractivity contribution in [2.75, 3.05) is 4.90 Å². The molecule has 1 aromatic heterocycles. The van der Waals surface area contributed by atoms with E-state index in [0.717, 1.165) is 34.6 Å². The average molecular weight is 444 g/mol. The summed E-state index contributed by atoms with van der Waals surface area (Å²) in [4.78, 5) is 27.4. The van der Waals surface area contributed by atoms with Gasteiger partial charge in [0.25, 0.3) is 11.8 Å². The number of benzene rings is 2. The van der Waals surface area contributed by atoms with E-state index >= 15 is 0 Å². The molecule has 0 unspecified atom stereocenters. The van der Waals surface area contributed by atoms with Gasteiger partial charge in [0.2, 0.25) is 0 Å². The number of nitrogens with one attached hydrogen (secondary N) is 1. The number of aromatic nitrogens is 1. The van der Waals surface area contributed by atoms with Crippen molar-refractivity contribution < 1.29 is 9.59 Å². The van der Waals surface area contributed by atoms with Crippen LogP contribution in [0.2, 0.25) is 0 Å². The van der Waals surface area contributed by atoms with Crippen molar-refractivity contribution in [3.05, 3.63) is 88.2 Å². The molecule has 4 rings (SSSR count). The highest BCUT2D eigenvalue weighted by atomic mass is 32.1. The smallest absolute Gasteiger partial charge is 0.270 e. The van der Waals surface area contributed by atoms with Crippen molar-refractivity contribution in [3.8, 4) is 5.69 Å². The summed E-state index contributed by atoms with van der Waals surface area (Å²) >= 11 is 5.31. The van der Waals surface area contributed by atoms with Gasteiger partial charge in [-0.3, -0.25) is 19.8 Å². The zero-order valence-electron chi connectivity index (χ0n) is 18.6. The molecule has 1 fully saturated rings. The lowest BCUT2D eigenvalue weighted by Crippen LogP contribution is -2.54. The Balaban J connectivity index is 1.73. The van der Waals surface area contributed by atoms with Gasteiger partial charge < -0.3 is 4.57 Å². The van der Waals surface area contributed by atoms with E-state index in [1.54, 1.807) is 6.08 Å². The van der Waals surface area contributed by atoms with Gasteiger partial charge in [-0.15, -0.1) is 0 Å². The molecule has 1 saturated heterocycles. The zero-order valence-corrected chi connectivity index (χ0v) is 19.4. The molecular weight excluding hydrogens is 418 g/mol. The molecule has 6 heteroatoms. The molecule has 0 spiro atoms. The minimum atomic E-state index is -0.485. The molecule has 2 amide bonds. The van der Waals surface area contributed by atoms with E-state index in [-0.39, 0.29) is 10.7 Å². The lowest BCUT2D eigenvalue weighted by Gasteiger charge is -2.29. The van der Waals surface area contributed by atoms with Crippen LogP contribution in [0.1, 0.15) is 35.0 Å². The first-order chi connectivity index (χ1) is 15.3. The number of carbonyl (C=O) groups is 2. The van der Waals surface area contributed by atoms with Gasteiger partial charge in [0.15, 0.2) is 5.11 Å². The molecule has 5 nitrogen and oxygen atoms in total. The largest absolute Gasteiger partial charge is 0.318 e. The third-order valence-electron chi connectivity index (χ3n) is 5.77. The summed E-state index contributed by atoms with van der Waals surface area (Å²) in [7, 11) is 0. The van der Waals surface area contributed by atoms with Crippen molar-refractivity contribution in [1.29, 1.82) is 0 Å². The van der Waals surface area contributed by atoms with Gasteiger partial charge in [0.1, 0.15) is 5.57 Å². The van der Waals surface area contributed by atoms with E-state index in [9.17, 15) is 9.59 Å². The highest BCUT2D eigenvalue weighted by molar-refractivity contribution is 7.80. The van der Waals surface area contributed by atoms with E-state index in [2.05, 4.69) is 41.1 Å². The van der Waals surface area contributed by atoms with Crippen LogP contribution in [0.5, 0.6) is 0 Å². The van der Waals surface area contributed by atoms with Crippen LogP contribution >= 0.6 is 12.2 Å². The number of nitrogens with zero attached hydrogens (tertiary/aromatic N) is 2. The Bertz CT molecular complexity index is 1250. The number of amides is 2. The fraction of sp³-hybridized carbons (Fsp3) is 0.192. The maximum absolute atomic E-state index is 13.3. The van der Waals surface area contributed by atoms with Crippen LogP contribution in [0.3, 0.4) is 0 Å². The number of hydrogen-bond donors (Lipinski definition) is 1. The van der Waals surface area contributed by atoms with Crippen molar-refractivity contribution in [2.45, 2.75) is 34.1 Å². The van der Waals surface area contributed by atoms with Crippen molar-refractivity contribution >= 4 is 40.9 Å². The lowest BCUT2D eigenvalue weighted by atomic mass is 10.1. The van der Waals surface area contributed by atoms with Gasteiger partial charge in [-0.25, -0.2) is 0 Å². The Labute approximate surface area is 193 Å². The molecule has 2 aromatic carbocycles. The molecule has 1 aliphatic heterocycles. The molecule has 0 atom stereocenters. The predicted octanol–water partition coefficient (Wildman–Crippen LogP) is 4.80. The number of rotatable bonds is 4. The molecule has 0 aliphatic carbocycles. The topological polar surface area (TPSA) is 54.3 Å². The van der Waals surface area contributed by atoms with Crippen LogP contribution in [0.25, 0.3) is 11.8 Å². The lowest BCUT2D eigenvalue weighted by molar-refractivity contribution is -0.122. The van der Waals surface area contributed by atoms with Crippen LogP contribution in [0.15, 0.2) is 60.2 Å². The Kier molecular flexibility index (Phi) is 5.80. The molecular formula is C26H25N3O2S. The van der Waals surface area contributed by atoms with E-state index in [4.69, 9.17) is 12.2 Å². The fourth-order valence-electron chi connectivity index (χ4n) is 3.95.